The maximum atomic E-state index is 12.6. The van der Waals surface area contributed by atoms with E-state index in [0.717, 1.165) is 11.3 Å². The van der Waals surface area contributed by atoms with Gasteiger partial charge in [0.15, 0.2) is 5.82 Å². The number of carbonyl (C=O) groups excluding carboxylic acids is 1. The lowest BCUT2D eigenvalue weighted by Crippen LogP contribution is -2.38. The zero-order chi connectivity index (χ0) is 18.6. The topological polar surface area (TPSA) is 68.5 Å². The van der Waals surface area contributed by atoms with E-state index in [-0.39, 0.29) is 11.5 Å². The van der Waals surface area contributed by atoms with Gasteiger partial charge in [-0.3, -0.25) is 4.90 Å². The van der Waals surface area contributed by atoms with Gasteiger partial charge in [-0.1, -0.05) is 30.6 Å². The lowest BCUT2D eigenvalue weighted by Gasteiger charge is -2.26. The fourth-order valence-corrected chi connectivity index (χ4v) is 3.18. The Morgan fingerprint density at radius 3 is 2.60 bits per heavy atom. The highest BCUT2D eigenvalue weighted by Gasteiger charge is 2.40. The third-order valence-electron chi connectivity index (χ3n) is 4.03. The zero-order valence-corrected chi connectivity index (χ0v) is 16.1. The van der Waals surface area contributed by atoms with Crippen molar-refractivity contribution in [3.63, 3.8) is 0 Å². The van der Waals surface area contributed by atoms with Crippen LogP contribution >= 0.6 is 11.6 Å². The summed E-state index contributed by atoms with van der Waals surface area (Å²) in [5.74, 6) is 0.915. The largest absolute Gasteiger partial charge is 0.443 e. The Kier molecular flexibility index (Phi) is 4.06. The highest BCUT2D eigenvalue weighted by molar-refractivity contribution is 6.33. The molecule has 6 nitrogen and oxygen atoms in total. The van der Waals surface area contributed by atoms with Gasteiger partial charge in [-0.2, -0.15) is 4.98 Å². The van der Waals surface area contributed by atoms with Crippen molar-refractivity contribution in [2.24, 2.45) is 0 Å². The molecule has 0 saturated carbocycles. The molecule has 0 atom stereocenters. The molecule has 1 aromatic heterocycles. The van der Waals surface area contributed by atoms with Crippen molar-refractivity contribution in [1.29, 1.82) is 0 Å². The van der Waals surface area contributed by atoms with Gasteiger partial charge in [-0.15, -0.1) is 0 Å². The lowest BCUT2D eigenvalue weighted by atomic mass is 9.86. The van der Waals surface area contributed by atoms with Crippen molar-refractivity contribution in [2.45, 2.75) is 52.6 Å². The first-order chi connectivity index (χ1) is 11.5. The van der Waals surface area contributed by atoms with E-state index in [1.54, 1.807) is 17.9 Å². The lowest BCUT2D eigenvalue weighted by molar-refractivity contribution is 0.0579. The summed E-state index contributed by atoms with van der Waals surface area (Å²) in [5.41, 5.74) is 1.60. The zero-order valence-electron chi connectivity index (χ0n) is 15.3. The number of aromatic nitrogens is 2. The molecule has 3 rings (SSSR count). The standard InChI is InChI=1S/C18H22ClN3O3/c1-10-20-15(25-21-10)11-7-12-14(8-13(11)19)22(9-18(12,5)6)16(23)24-17(2,3)4/h7-8H,9H2,1-6H3. The average Bonchev–Trinajstić information content (AvgIpc) is 2.98. The van der Waals surface area contributed by atoms with Crippen molar-refractivity contribution in [1.82, 2.24) is 10.1 Å². The molecule has 0 N–H and O–H groups in total. The van der Waals surface area contributed by atoms with Gasteiger partial charge >= 0.3 is 6.09 Å². The molecule has 0 aliphatic carbocycles. The fourth-order valence-electron chi connectivity index (χ4n) is 2.94. The molecule has 1 amide bonds. The third-order valence-corrected chi connectivity index (χ3v) is 4.34. The average molecular weight is 364 g/mol. The van der Waals surface area contributed by atoms with Crippen LogP contribution in [0.15, 0.2) is 16.7 Å². The second-order valence-corrected chi connectivity index (χ2v) is 8.35. The van der Waals surface area contributed by atoms with Crippen LogP contribution in [-0.4, -0.2) is 28.4 Å². The molecule has 0 saturated heterocycles. The van der Waals surface area contributed by atoms with Crippen LogP contribution in [0.1, 0.15) is 46.0 Å². The molecule has 0 fully saturated rings. The van der Waals surface area contributed by atoms with E-state index in [2.05, 4.69) is 24.0 Å². The van der Waals surface area contributed by atoms with Crippen LogP contribution in [0.2, 0.25) is 5.02 Å². The highest BCUT2D eigenvalue weighted by atomic mass is 35.5. The number of benzene rings is 1. The van der Waals surface area contributed by atoms with Gasteiger partial charge in [0.05, 0.1) is 16.3 Å². The summed E-state index contributed by atoms with van der Waals surface area (Å²) in [6, 6.07) is 3.69. The molecule has 1 aromatic carbocycles. The number of anilines is 1. The highest BCUT2D eigenvalue weighted by Crippen LogP contribution is 2.45. The van der Waals surface area contributed by atoms with Crippen LogP contribution in [0.5, 0.6) is 0 Å². The van der Waals surface area contributed by atoms with E-state index < -0.39 is 5.60 Å². The van der Waals surface area contributed by atoms with Crippen molar-refractivity contribution >= 4 is 23.4 Å². The maximum absolute atomic E-state index is 12.6. The van der Waals surface area contributed by atoms with E-state index in [1.165, 1.54) is 0 Å². The molecule has 1 aliphatic rings. The number of halogens is 1. The molecule has 0 spiro atoms. The van der Waals surface area contributed by atoms with Crippen molar-refractivity contribution < 1.29 is 14.1 Å². The number of ether oxygens (including phenoxy) is 1. The normalized spacial score (nSPS) is 16.0. The number of rotatable bonds is 1. The van der Waals surface area contributed by atoms with Gasteiger partial charge in [-0.25, -0.2) is 4.79 Å². The minimum absolute atomic E-state index is 0.249. The molecule has 25 heavy (non-hydrogen) atoms. The van der Waals surface area contributed by atoms with E-state index in [9.17, 15) is 4.79 Å². The first-order valence-electron chi connectivity index (χ1n) is 8.13. The van der Waals surface area contributed by atoms with E-state index in [0.29, 0.717) is 28.8 Å². The summed E-state index contributed by atoms with van der Waals surface area (Å²) >= 11 is 6.44. The van der Waals surface area contributed by atoms with Crippen molar-refractivity contribution in [2.75, 3.05) is 11.4 Å². The number of hydrogen-bond donors (Lipinski definition) is 0. The molecular formula is C18H22ClN3O3. The monoisotopic (exact) mass is 363 g/mol. The molecule has 1 aliphatic heterocycles. The molecule has 2 heterocycles. The molecule has 0 bridgehead atoms. The number of nitrogens with zero attached hydrogens (tertiary/aromatic N) is 3. The summed E-state index contributed by atoms with van der Waals surface area (Å²) in [5, 5.41) is 4.27. The van der Waals surface area contributed by atoms with E-state index in [4.69, 9.17) is 20.9 Å². The number of amides is 1. The fraction of sp³-hybridized carbons (Fsp3) is 0.500. The van der Waals surface area contributed by atoms with Gasteiger partial charge < -0.3 is 9.26 Å². The van der Waals surface area contributed by atoms with Gasteiger partial charge in [0.2, 0.25) is 0 Å². The summed E-state index contributed by atoms with van der Waals surface area (Å²) in [4.78, 5) is 18.5. The van der Waals surface area contributed by atoms with Gasteiger partial charge in [0.1, 0.15) is 5.60 Å². The van der Waals surface area contributed by atoms with E-state index >= 15 is 0 Å². The van der Waals surface area contributed by atoms with Crippen LogP contribution in [0.4, 0.5) is 10.5 Å². The minimum atomic E-state index is -0.561. The van der Waals surface area contributed by atoms with Crippen LogP contribution in [0.25, 0.3) is 11.5 Å². The maximum Gasteiger partial charge on any atom is 0.414 e. The van der Waals surface area contributed by atoms with Gasteiger partial charge in [-0.05, 0) is 45.4 Å². The van der Waals surface area contributed by atoms with Gasteiger partial charge in [0.25, 0.3) is 5.89 Å². The smallest absolute Gasteiger partial charge is 0.414 e. The second-order valence-electron chi connectivity index (χ2n) is 7.95. The Balaban J connectivity index is 2.05. The molecule has 0 unspecified atom stereocenters. The second kappa shape index (κ2) is 5.73. The molecule has 2 aromatic rings. The first kappa shape index (κ1) is 17.7. The number of fused-ring (bicyclic) bond motifs is 1. The summed E-state index contributed by atoms with van der Waals surface area (Å²) in [7, 11) is 0. The Bertz CT molecular complexity index is 837. The summed E-state index contributed by atoms with van der Waals surface area (Å²) in [6.45, 7) is 12.0. The SMILES string of the molecule is Cc1noc(-c2cc3c(cc2Cl)N(C(=O)OC(C)(C)C)CC3(C)C)n1. The summed E-state index contributed by atoms with van der Waals surface area (Å²) < 4.78 is 10.8. The van der Waals surface area contributed by atoms with Crippen molar-refractivity contribution in [3.8, 4) is 11.5 Å². The summed E-state index contributed by atoms with van der Waals surface area (Å²) in [6.07, 6.45) is -0.378. The Hall–Kier alpha value is -2.08. The molecule has 7 heteroatoms. The molecule has 0 radical (unpaired) electrons. The molecule has 134 valence electrons. The number of carbonyl (C=O) groups is 1. The van der Waals surface area contributed by atoms with Crippen molar-refractivity contribution in [3.05, 3.63) is 28.5 Å². The van der Waals surface area contributed by atoms with E-state index in [1.807, 2.05) is 26.8 Å². The van der Waals surface area contributed by atoms with Crippen LogP contribution < -0.4 is 4.90 Å². The van der Waals surface area contributed by atoms with Crippen LogP contribution in [-0.2, 0) is 10.2 Å². The van der Waals surface area contributed by atoms with Gasteiger partial charge in [0, 0.05) is 12.0 Å². The van der Waals surface area contributed by atoms with Crippen LogP contribution in [0.3, 0.4) is 0 Å². The number of hydrogen-bond acceptors (Lipinski definition) is 5. The Morgan fingerprint density at radius 1 is 1.36 bits per heavy atom. The Labute approximate surface area is 152 Å². The number of aryl methyl sites for hydroxylation is 1. The molecular weight excluding hydrogens is 342 g/mol. The predicted octanol–water partition coefficient (Wildman–Crippen LogP) is 4.73. The first-order valence-corrected chi connectivity index (χ1v) is 8.51. The quantitative estimate of drug-likeness (QED) is 0.732. The predicted molar refractivity (Wildman–Crippen MR) is 96.1 cm³/mol. The third kappa shape index (κ3) is 3.35. The minimum Gasteiger partial charge on any atom is -0.443 e. The van der Waals surface area contributed by atoms with Crippen LogP contribution in [0, 0.1) is 6.92 Å². The Morgan fingerprint density at radius 2 is 2.04 bits per heavy atom.